The minimum absolute atomic E-state index is 0.0504. The number of hydrogen-bond acceptors (Lipinski definition) is 5. The number of carbonyl (C=O) groups excluding carboxylic acids is 1. The largest absolute Gasteiger partial charge is 0.288 e. The van der Waals surface area contributed by atoms with Gasteiger partial charge in [0.25, 0.3) is 0 Å². The molecule has 3 rings (SSSR count). The van der Waals surface area contributed by atoms with Crippen LogP contribution in [0.2, 0.25) is 0 Å². The first kappa shape index (κ1) is 18.0. The lowest BCUT2D eigenvalue weighted by molar-refractivity contribution is 0.104. The lowest BCUT2D eigenvalue weighted by Crippen LogP contribution is -2.21. The van der Waals surface area contributed by atoms with Crippen molar-refractivity contribution in [3.63, 3.8) is 0 Å². The second kappa shape index (κ2) is 7.61. The Bertz CT molecular complexity index is 972. The lowest BCUT2D eigenvalue weighted by atomic mass is 10.1. The van der Waals surface area contributed by atoms with Gasteiger partial charge in [-0.05, 0) is 30.7 Å². The first-order valence-electron chi connectivity index (χ1n) is 7.76. The second-order valence-electron chi connectivity index (χ2n) is 5.36. The van der Waals surface area contributed by atoms with Crippen LogP contribution in [0.25, 0.3) is 0 Å². The molecule has 130 valence electrons. The Morgan fingerprint density at radius 1 is 0.960 bits per heavy atom. The number of thiophene rings is 2. The van der Waals surface area contributed by atoms with E-state index in [0.717, 1.165) is 16.2 Å². The molecule has 0 aliphatic carbocycles. The van der Waals surface area contributed by atoms with Crippen molar-refractivity contribution < 1.29 is 13.2 Å². The van der Waals surface area contributed by atoms with Gasteiger partial charge in [0.05, 0.1) is 4.88 Å². The van der Waals surface area contributed by atoms with Crippen molar-refractivity contribution >= 4 is 38.5 Å². The van der Waals surface area contributed by atoms with Gasteiger partial charge in [-0.3, -0.25) is 4.79 Å². The van der Waals surface area contributed by atoms with Gasteiger partial charge in [-0.25, -0.2) is 13.1 Å². The van der Waals surface area contributed by atoms with E-state index in [1.54, 1.807) is 30.3 Å². The van der Waals surface area contributed by atoms with Crippen molar-refractivity contribution in [3.8, 4) is 0 Å². The summed E-state index contributed by atoms with van der Waals surface area (Å²) in [5.41, 5.74) is 0.627. The molecular formula is C18H17NO3S3. The van der Waals surface area contributed by atoms with Crippen LogP contribution in [0.15, 0.2) is 58.8 Å². The van der Waals surface area contributed by atoms with E-state index in [9.17, 15) is 13.2 Å². The van der Waals surface area contributed by atoms with E-state index in [2.05, 4.69) is 4.72 Å². The first-order valence-corrected chi connectivity index (χ1v) is 10.9. The Morgan fingerprint density at radius 2 is 1.68 bits per heavy atom. The van der Waals surface area contributed by atoms with Crippen molar-refractivity contribution in [3.05, 3.63) is 74.8 Å². The third-order valence-corrected chi connectivity index (χ3v) is 7.81. The van der Waals surface area contributed by atoms with Crippen LogP contribution < -0.4 is 4.72 Å². The van der Waals surface area contributed by atoms with Crippen LogP contribution in [0, 0.1) is 0 Å². The minimum atomic E-state index is -3.52. The van der Waals surface area contributed by atoms with Crippen LogP contribution in [0.3, 0.4) is 0 Å². The van der Waals surface area contributed by atoms with E-state index in [-0.39, 0.29) is 12.3 Å². The maximum Gasteiger partial charge on any atom is 0.250 e. The minimum Gasteiger partial charge on any atom is -0.288 e. The third kappa shape index (κ3) is 4.24. The summed E-state index contributed by atoms with van der Waals surface area (Å²) in [5.74, 6) is -0.0504. The molecule has 7 heteroatoms. The number of carbonyl (C=O) groups is 1. The summed E-state index contributed by atoms with van der Waals surface area (Å²) >= 11 is 2.59. The predicted octanol–water partition coefficient (Wildman–Crippen LogP) is 4.08. The van der Waals surface area contributed by atoms with Crippen molar-refractivity contribution in [2.24, 2.45) is 0 Å². The van der Waals surface area contributed by atoms with Crippen molar-refractivity contribution in [2.45, 2.75) is 24.1 Å². The van der Waals surface area contributed by atoms with Crippen LogP contribution in [-0.4, -0.2) is 14.2 Å². The summed E-state index contributed by atoms with van der Waals surface area (Å²) in [4.78, 5) is 14.8. The average molecular weight is 392 g/mol. The molecule has 0 saturated heterocycles. The van der Waals surface area contributed by atoms with Gasteiger partial charge in [0, 0.05) is 21.9 Å². The Kier molecular flexibility index (Phi) is 5.48. The third-order valence-electron chi connectivity index (χ3n) is 3.61. The molecule has 1 N–H and O–H groups in total. The molecular weight excluding hydrogens is 374 g/mol. The van der Waals surface area contributed by atoms with E-state index in [1.165, 1.54) is 22.7 Å². The van der Waals surface area contributed by atoms with Crippen LogP contribution in [-0.2, 0) is 23.0 Å². The van der Waals surface area contributed by atoms with E-state index in [1.807, 2.05) is 31.2 Å². The van der Waals surface area contributed by atoms with Gasteiger partial charge < -0.3 is 0 Å². The summed E-state index contributed by atoms with van der Waals surface area (Å²) < 4.78 is 27.6. The molecule has 0 fully saturated rings. The fourth-order valence-corrected chi connectivity index (χ4v) is 5.60. The number of aryl methyl sites for hydroxylation is 1. The van der Waals surface area contributed by atoms with Crippen molar-refractivity contribution in [1.82, 2.24) is 4.72 Å². The van der Waals surface area contributed by atoms with Crippen molar-refractivity contribution in [2.75, 3.05) is 0 Å². The summed E-state index contributed by atoms with van der Waals surface area (Å²) in [7, 11) is -3.52. The summed E-state index contributed by atoms with van der Waals surface area (Å²) in [6.45, 7) is 2.17. The molecule has 0 saturated carbocycles. The van der Waals surface area contributed by atoms with Gasteiger partial charge in [-0.2, -0.15) is 0 Å². The van der Waals surface area contributed by atoms with Crippen LogP contribution >= 0.6 is 22.7 Å². The Hall–Kier alpha value is -1.80. The Balaban J connectivity index is 1.68. The van der Waals surface area contributed by atoms with Gasteiger partial charge in [0.2, 0.25) is 15.8 Å². The standard InChI is InChI=1S/C18H17NO3S3/c1-2-14-9-11-17(24-14)25(21,22)19-12-15-8-10-16(23-15)18(20)13-6-4-3-5-7-13/h3-11,19H,2,12H2,1H3. The molecule has 0 spiro atoms. The molecule has 0 radical (unpaired) electrons. The molecule has 0 aliphatic heterocycles. The number of benzene rings is 1. The topological polar surface area (TPSA) is 63.2 Å². The zero-order valence-electron chi connectivity index (χ0n) is 13.6. The summed E-state index contributed by atoms with van der Waals surface area (Å²) in [6, 6.07) is 16.0. The molecule has 0 unspecified atom stereocenters. The van der Waals surface area contributed by atoms with Gasteiger partial charge in [-0.15, -0.1) is 22.7 Å². The van der Waals surface area contributed by atoms with Gasteiger partial charge in [-0.1, -0.05) is 37.3 Å². The maximum atomic E-state index is 12.4. The highest BCUT2D eigenvalue weighted by Crippen LogP contribution is 2.23. The molecule has 0 bridgehead atoms. The summed E-state index contributed by atoms with van der Waals surface area (Å²) in [6.07, 6.45) is 0.816. The van der Waals surface area contributed by atoms with E-state index in [0.29, 0.717) is 14.6 Å². The average Bonchev–Trinajstić information content (AvgIpc) is 3.30. The second-order valence-corrected chi connectivity index (χ2v) is 9.69. The molecule has 0 amide bonds. The first-order chi connectivity index (χ1) is 12.0. The fraction of sp³-hybridized carbons (Fsp3) is 0.167. The predicted molar refractivity (Wildman–Crippen MR) is 102 cm³/mol. The Morgan fingerprint density at radius 3 is 2.36 bits per heavy atom. The smallest absolute Gasteiger partial charge is 0.250 e. The highest BCUT2D eigenvalue weighted by molar-refractivity contribution is 7.91. The highest BCUT2D eigenvalue weighted by Gasteiger charge is 2.17. The zero-order chi connectivity index (χ0) is 17.9. The molecule has 4 nitrogen and oxygen atoms in total. The molecule has 3 aromatic rings. The zero-order valence-corrected chi connectivity index (χ0v) is 16.0. The van der Waals surface area contributed by atoms with Gasteiger partial charge in [0.15, 0.2) is 0 Å². The van der Waals surface area contributed by atoms with Crippen molar-refractivity contribution in [1.29, 1.82) is 0 Å². The van der Waals surface area contributed by atoms with Gasteiger partial charge in [0.1, 0.15) is 4.21 Å². The Labute approximate surface area is 155 Å². The van der Waals surface area contributed by atoms with Gasteiger partial charge >= 0.3 is 0 Å². The number of nitrogens with one attached hydrogen (secondary N) is 1. The SMILES string of the molecule is CCc1ccc(S(=O)(=O)NCc2ccc(C(=O)c3ccccc3)s2)s1. The number of ketones is 1. The molecule has 2 aromatic heterocycles. The maximum absolute atomic E-state index is 12.4. The molecule has 2 heterocycles. The highest BCUT2D eigenvalue weighted by atomic mass is 32.2. The number of hydrogen-bond donors (Lipinski definition) is 1. The van der Waals surface area contributed by atoms with Crippen LogP contribution in [0.4, 0.5) is 0 Å². The van der Waals surface area contributed by atoms with E-state index in [4.69, 9.17) is 0 Å². The molecule has 0 aliphatic rings. The molecule has 25 heavy (non-hydrogen) atoms. The number of sulfonamides is 1. The normalized spacial score (nSPS) is 11.6. The molecule has 0 atom stereocenters. The summed E-state index contributed by atoms with van der Waals surface area (Å²) in [5, 5.41) is 0. The quantitative estimate of drug-likeness (QED) is 0.617. The monoisotopic (exact) mass is 391 g/mol. The van der Waals surface area contributed by atoms with Crippen LogP contribution in [0.5, 0.6) is 0 Å². The van der Waals surface area contributed by atoms with E-state index >= 15 is 0 Å². The van der Waals surface area contributed by atoms with E-state index < -0.39 is 10.0 Å². The fourth-order valence-electron chi connectivity index (χ4n) is 2.26. The number of rotatable bonds is 7. The molecule has 1 aromatic carbocycles. The van der Waals surface area contributed by atoms with Crippen LogP contribution in [0.1, 0.15) is 31.9 Å². The lowest BCUT2D eigenvalue weighted by Gasteiger charge is -2.02.